The molecule has 14 heavy (non-hydrogen) atoms. The van der Waals surface area contributed by atoms with E-state index >= 15 is 0 Å². The van der Waals surface area contributed by atoms with E-state index in [1.165, 1.54) is 19.3 Å². The van der Waals surface area contributed by atoms with Gasteiger partial charge in [0, 0.05) is 26.3 Å². The molecule has 2 rings (SSSR count). The van der Waals surface area contributed by atoms with Crippen molar-refractivity contribution in [2.24, 2.45) is 0 Å². The Hall–Kier alpha value is -1.09. The molecule has 0 spiro atoms. The summed E-state index contributed by atoms with van der Waals surface area (Å²) in [7, 11) is 2.08. The maximum Gasteiger partial charge on any atom is 0.115 e. The van der Waals surface area contributed by atoms with Crippen LogP contribution in [-0.4, -0.2) is 30.1 Å². The minimum Gasteiger partial charge on any atom is -0.307 e. The number of aromatic nitrogens is 1. The summed E-state index contributed by atoms with van der Waals surface area (Å²) >= 11 is 0. The fraction of sp³-hybridized carbons (Fsp3) is 0.545. The molecule has 2 heterocycles. The van der Waals surface area contributed by atoms with Gasteiger partial charge in [0.25, 0.3) is 0 Å². The first kappa shape index (κ1) is 9.46. The topological polar surface area (TPSA) is 19.4 Å². The van der Waals surface area contributed by atoms with Gasteiger partial charge in [-0.3, -0.25) is 4.98 Å². The van der Waals surface area contributed by atoms with E-state index in [-0.39, 0.29) is 0 Å². The summed E-state index contributed by atoms with van der Waals surface area (Å²) in [6, 6.07) is 3.99. The van der Waals surface area contributed by atoms with Crippen molar-refractivity contribution in [3.63, 3.8) is 0 Å². The van der Waals surface area contributed by atoms with Gasteiger partial charge in [-0.2, -0.15) is 0 Å². The number of pyridine rings is 1. The van der Waals surface area contributed by atoms with Crippen molar-refractivity contribution in [3.8, 4) is 0 Å². The lowest BCUT2D eigenvalue weighted by molar-refractivity contribution is 0.220. The number of anilines is 1. The molecular formula is C11H16N3. The Labute approximate surface area is 85.3 Å². The van der Waals surface area contributed by atoms with Gasteiger partial charge in [-0.25, -0.2) is 5.01 Å². The minimum absolute atomic E-state index is 1.05. The van der Waals surface area contributed by atoms with E-state index < -0.39 is 0 Å². The highest BCUT2D eigenvalue weighted by Crippen LogP contribution is 2.16. The van der Waals surface area contributed by atoms with Crippen LogP contribution < -0.4 is 5.01 Å². The van der Waals surface area contributed by atoms with Crippen LogP contribution in [0.4, 0.5) is 5.69 Å². The maximum absolute atomic E-state index is 4.01. The van der Waals surface area contributed by atoms with Gasteiger partial charge in [-0.15, -0.1) is 0 Å². The standard InChI is InChI=1S/C11H16N3/c1-13(11-6-5-7-12-10-11)14-8-3-2-4-9-14/h5-7H,2-4,8-9H2,1H3. The average molecular weight is 190 g/mol. The first-order valence-corrected chi connectivity index (χ1v) is 5.19. The van der Waals surface area contributed by atoms with E-state index in [0.717, 1.165) is 18.8 Å². The lowest BCUT2D eigenvalue weighted by Crippen LogP contribution is -2.43. The molecule has 1 radical (unpaired) electrons. The fourth-order valence-corrected chi connectivity index (χ4v) is 1.83. The molecule has 1 fully saturated rings. The summed E-state index contributed by atoms with van der Waals surface area (Å²) in [5, 5.41) is 4.52. The fourth-order valence-electron chi connectivity index (χ4n) is 1.83. The lowest BCUT2D eigenvalue weighted by atomic mass is 10.2. The lowest BCUT2D eigenvalue weighted by Gasteiger charge is -2.35. The average Bonchev–Trinajstić information content (AvgIpc) is 2.30. The smallest absolute Gasteiger partial charge is 0.115 e. The van der Waals surface area contributed by atoms with E-state index in [9.17, 15) is 0 Å². The molecule has 3 heteroatoms. The summed E-state index contributed by atoms with van der Waals surface area (Å²) in [4.78, 5) is 4.01. The predicted molar refractivity (Wildman–Crippen MR) is 56.9 cm³/mol. The van der Waals surface area contributed by atoms with E-state index in [2.05, 4.69) is 28.2 Å². The van der Waals surface area contributed by atoms with Crippen molar-refractivity contribution in [2.45, 2.75) is 19.3 Å². The van der Waals surface area contributed by atoms with Gasteiger partial charge in [-0.05, 0) is 25.0 Å². The monoisotopic (exact) mass is 190 g/mol. The zero-order valence-corrected chi connectivity index (χ0v) is 8.61. The highest BCUT2D eigenvalue weighted by Gasteiger charge is 2.14. The van der Waals surface area contributed by atoms with E-state index in [1.54, 1.807) is 6.20 Å². The molecule has 0 N–H and O–H groups in total. The number of hydrogen-bond donors (Lipinski definition) is 0. The Kier molecular flexibility index (Phi) is 2.99. The number of rotatable bonds is 2. The number of hydrazine groups is 1. The van der Waals surface area contributed by atoms with Crippen molar-refractivity contribution in [1.82, 2.24) is 9.99 Å². The Morgan fingerprint density at radius 1 is 1.36 bits per heavy atom. The summed E-state index contributed by atoms with van der Waals surface area (Å²) in [6.07, 6.45) is 8.71. The maximum atomic E-state index is 4.01. The molecule has 0 amide bonds. The van der Waals surface area contributed by atoms with Crippen LogP contribution in [0.15, 0.2) is 18.3 Å². The quantitative estimate of drug-likeness (QED) is 0.708. The third-order valence-electron chi connectivity index (χ3n) is 2.70. The third-order valence-corrected chi connectivity index (χ3v) is 2.70. The summed E-state index contributed by atoms with van der Waals surface area (Å²) in [6.45, 7) is 2.30. The highest BCUT2D eigenvalue weighted by atomic mass is 15.6. The van der Waals surface area contributed by atoms with Gasteiger partial charge in [-0.1, -0.05) is 6.42 Å². The second-order valence-corrected chi connectivity index (χ2v) is 3.67. The van der Waals surface area contributed by atoms with E-state index in [0.29, 0.717) is 0 Å². The molecular weight excluding hydrogens is 174 g/mol. The summed E-state index contributed by atoms with van der Waals surface area (Å²) < 4.78 is 0. The SMILES string of the molecule is CN(c1[c]nccc1)N1CCCCC1. The van der Waals surface area contributed by atoms with Crippen LogP contribution in [0.2, 0.25) is 0 Å². The molecule has 0 atom stereocenters. The normalized spacial score (nSPS) is 18.1. The zero-order chi connectivity index (χ0) is 9.80. The Morgan fingerprint density at radius 3 is 2.79 bits per heavy atom. The van der Waals surface area contributed by atoms with Crippen LogP contribution in [0.1, 0.15) is 19.3 Å². The Morgan fingerprint density at radius 2 is 2.14 bits per heavy atom. The van der Waals surface area contributed by atoms with Crippen molar-refractivity contribution in [2.75, 3.05) is 25.1 Å². The molecule has 1 aromatic heterocycles. The molecule has 0 unspecified atom stereocenters. The molecule has 75 valence electrons. The predicted octanol–water partition coefficient (Wildman–Crippen LogP) is 1.72. The van der Waals surface area contributed by atoms with Crippen molar-refractivity contribution in [1.29, 1.82) is 0 Å². The van der Waals surface area contributed by atoms with Crippen LogP contribution in [0.25, 0.3) is 0 Å². The molecule has 3 nitrogen and oxygen atoms in total. The molecule has 0 aromatic carbocycles. The number of hydrogen-bond acceptors (Lipinski definition) is 3. The van der Waals surface area contributed by atoms with Gasteiger partial charge < -0.3 is 5.01 Å². The second-order valence-electron chi connectivity index (χ2n) is 3.67. The van der Waals surface area contributed by atoms with Crippen LogP contribution >= 0.6 is 0 Å². The molecule has 0 bridgehead atoms. The van der Waals surface area contributed by atoms with Crippen molar-refractivity contribution >= 4 is 5.69 Å². The van der Waals surface area contributed by atoms with Crippen LogP contribution in [0.3, 0.4) is 0 Å². The Bertz CT molecular complexity index is 267. The van der Waals surface area contributed by atoms with Crippen molar-refractivity contribution in [3.05, 3.63) is 24.5 Å². The highest BCUT2D eigenvalue weighted by molar-refractivity contribution is 5.40. The van der Waals surface area contributed by atoms with E-state index in [4.69, 9.17) is 0 Å². The molecule has 1 aliphatic heterocycles. The zero-order valence-electron chi connectivity index (χ0n) is 8.61. The number of piperidine rings is 1. The molecule has 1 aliphatic rings. The van der Waals surface area contributed by atoms with Gasteiger partial charge in [0.1, 0.15) is 6.20 Å². The van der Waals surface area contributed by atoms with Crippen molar-refractivity contribution < 1.29 is 0 Å². The molecule has 1 saturated heterocycles. The molecule has 0 saturated carbocycles. The molecule has 1 aromatic rings. The van der Waals surface area contributed by atoms with E-state index in [1.807, 2.05) is 12.1 Å². The number of nitrogens with zero attached hydrogens (tertiary/aromatic N) is 3. The largest absolute Gasteiger partial charge is 0.307 e. The minimum atomic E-state index is 1.05. The van der Waals surface area contributed by atoms with Gasteiger partial charge in [0.15, 0.2) is 0 Å². The Balaban J connectivity index is 2.03. The van der Waals surface area contributed by atoms with Gasteiger partial charge in [0.05, 0.1) is 5.69 Å². The summed E-state index contributed by atoms with van der Waals surface area (Å²) in [5.41, 5.74) is 1.05. The third kappa shape index (κ3) is 2.04. The first-order chi connectivity index (χ1) is 6.88. The van der Waals surface area contributed by atoms with Crippen LogP contribution in [-0.2, 0) is 0 Å². The van der Waals surface area contributed by atoms with Gasteiger partial charge >= 0.3 is 0 Å². The van der Waals surface area contributed by atoms with Gasteiger partial charge in [0.2, 0.25) is 0 Å². The van der Waals surface area contributed by atoms with Crippen LogP contribution in [0.5, 0.6) is 0 Å². The first-order valence-electron chi connectivity index (χ1n) is 5.19. The second kappa shape index (κ2) is 4.42. The van der Waals surface area contributed by atoms with Crippen LogP contribution in [0, 0.1) is 6.20 Å². The molecule has 0 aliphatic carbocycles. The summed E-state index contributed by atoms with van der Waals surface area (Å²) in [5.74, 6) is 0.